The maximum atomic E-state index is 12.5. The van der Waals surface area contributed by atoms with Crippen molar-refractivity contribution in [3.05, 3.63) is 29.8 Å². The lowest BCUT2D eigenvalue weighted by atomic mass is 10.2. The molecule has 0 aliphatic heterocycles. The van der Waals surface area contributed by atoms with Gasteiger partial charge < -0.3 is 9.84 Å². The van der Waals surface area contributed by atoms with Crippen LogP contribution in [0.2, 0.25) is 0 Å². The lowest BCUT2D eigenvalue weighted by Crippen LogP contribution is -2.25. The van der Waals surface area contributed by atoms with E-state index in [0.29, 0.717) is 6.07 Å². The molecule has 1 unspecified atom stereocenters. The number of aliphatic hydroxyl groups is 1. The fraction of sp³-hybridized carbons (Fsp3) is 0.455. The Morgan fingerprint density at radius 2 is 2.00 bits per heavy atom. The Morgan fingerprint density at radius 1 is 1.37 bits per heavy atom. The summed E-state index contributed by atoms with van der Waals surface area (Å²) in [7, 11) is -2.72. The maximum absolute atomic E-state index is 12.5. The number of sulfone groups is 1. The molecule has 108 valence electrons. The number of hydrogen-bond acceptors (Lipinski definition) is 4. The molecule has 0 radical (unpaired) electrons. The van der Waals surface area contributed by atoms with Gasteiger partial charge in [-0.2, -0.15) is 13.2 Å². The summed E-state index contributed by atoms with van der Waals surface area (Å²) in [4.78, 5) is -0.475. The van der Waals surface area contributed by atoms with Crippen LogP contribution in [0.5, 0.6) is 0 Å². The van der Waals surface area contributed by atoms with Crippen molar-refractivity contribution in [2.45, 2.75) is 17.2 Å². The minimum Gasteiger partial charge on any atom is -0.390 e. The number of halogens is 3. The molecule has 0 amide bonds. The topological polar surface area (TPSA) is 63.6 Å². The second-order valence-electron chi connectivity index (χ2n) is 3.92. The number of ether oxygens (including phenoxy) is 1. The molecule has 0 spiro atoms. The Hall–Kier alpha value is -1.12. The molecule has 1 aromatic rings. The van der Waals surface area contributed by atoms with Crippen molar-refractivity contribution in [1.82, 2.24) is 0 Å². The fourth-order valence-corrected chi connectivity index (χ4v) is 2.84. The summed E-state index contributed by atoms with van der Waals surface area (Å²) >= 11 is 0. The smallest absolute Gasteiger partial charge is 0.390 e. The molecule has 19 heavy (non-hydrogen) atoms. The van der Waals surface area contributed by atoms with Gasteiger partial charge in [0.15, 0.2) is 9.84 Å². The van der Waals surface area contributed by atoms with Crippen molar-refractivity contribution in [3.8, 4) is 0 Å². The second-order valence-corrected chi connectivity index (χ2v) is 5.95. The van der Waals surface area contributed by atoms with Crippen molar-refractivity contribution in [2.75, 3.05) is 19.5 Å². The highest BCUT2D eigenvalue weighted by molar-refractivity contribution is 7.91. The molecule has 0 saturated heterocycles. The van der Waals surface area contributed by atoms with E-state index in [0.717, 1.165) is 18.2 Å². The summed E-state index contributed by atoms with van der Waals surface area (Å²) in [6.45, 7) is -0.210. The summed E-state index contributed by atoms with van der Waals surface area (Å²) in [5, 5.41) is 9.35. The van der Waals surface area contributed by atoms with Crippen molar-refractivity contribution in [1.29, 1.82) is 0 Å². The minimum absolute atomic E-state index is 0.210. The average molecular weight is 298 g/mol. The Morgan fingerprint density at radius 3 is 2.53 bits per heavy atom. The van der Waals surface area contributed by atoms with E-state index in [1.807, 2.05) is 0 Å². The standard InChI is InChI=1S/C11H13F3O4S/c1-18-6-9(15)7-19(16,17)10-4-2-3-8(5-10)11(12,13)14/h2-5,9,15H,6-7H2,1H3. The van der Waals surface area contributed by atoms with E-state index in [2.05, 4.69) is 4.74 Å². The van der Waals surface area contributed by atoms with Crippen LogP contribution in [-0.2, 0) is 20.8 Å². The zero-order valence-corrected chi connectivity index (χ0v) is 10.8. The van der Waals surface area contributed by atoms with Gasteiger partial charge in [0.25, 0.3) is 0 Å². The number of benzene rings is 1. The number of methoxy groups -OCH3 is 1. The SMILES string of the molecule is COCC(O)CS(=O)(=O)c1cccc(C(F)(F)F)c1. The highest BCUT2D eigenvalue weighted by atomic mass is 32.2. The summed E-state index contributed by atoms with van der Waals surface area (Å²) in [5.41, 5.74) is -1.05. The van der Waals surface area contributed by atoms with E-state index >= 15 is 0 Å². The van der Waals surface area contributed by atoms with Gasteiger partial charge in [-0.1, -0.05) is 6.07 Å². The molecule has 0 bridgehead atoms. The molecular weight excluding hydrogens is 285 g/mol. The van der Waals surface area contributed by atoms with E-state index < -0.39 is 38.3 Å². The Labute approximate surface area is 108 Å². The van der Waals surface area contributed by atoms with Crippen LogP contribution in [0.1, 0.15) is 5.56 Å². The van der Waals surface area contributed by atoms with E-state index in [9.17, 15) is 26.7 Å². The lowest BCUT2D eigenvalue weighted by molar-refractivity contribution is -0.137. The third-order valence-corrected chi connectivity index (χ3v) is 4.09. The number of hydrogen-bond donors (Lipinski definition) is 1. The Balaban J connectivity index is 3.02. The van der Waals surface area contributed by atoms with Crippen LogP contribution in [-0.4, -0.2) is 39.1 Å². The fourth-order valence-electron chi connectivity index (χ4n) is 1.46. The molecule has 1 atom stereocenters. The minimum atomic E-state index is -4.61. The van der Waals surface area contributed by atoms with Crippen LogP contribution < -0.4 is 0 Å². The van der Waals surface area contributed by atoms with Crippen molar-refractivity contribution in [3.63, 3.8) is 0 Å². The molecule has 0 aliphatic rings. The van der Waals surface area contributed by atoms with Crippen molar-refractivity contribution < 1.29 is 31.4 Å². The summed E-state index contributed by atoms with van der Waals surface area (Å²) < 4.78 is 65.6. The molecule has 4 nitrogen and oxygen atoms in total. The zero-order chi connectivity index (χ0) is 14.7. The van der Waals surface area contributed by atoms with Gasteiger partial charge in [-0.25, -0.2) is 8.42 Å². The van der Waals surface area contributed by atoms with Gasteiger partial charge in [0.2, 0.25) is 0 Å². The summed E-state index contributed by atoms with van der Waals surface area (Å²) in [6.07, 6.45) is -5.90. The average Bonchev–Trinajstić information content (AvgIpc) is 2.27. The third kappa shape index (κ3) is 4.48. The van der Waals surface area contributed by atoms with E-state index in [1.165, 1.54) is 7.11 Å². The first-order valence-corrected chi connectivity index (χ1v) is 6.89. The van der Waals surface area contributed by atoms with Crippen LogP contribution >= 0.6 is 0 Å². The van der Waals surface area contributed by atoms with Gasteiger partial charge in [-0.15, -0.1) is 0 Å². The van der Waals surface area contributed by atoms with E-state index in [4.69, 9.17) is 0 Å². The third-order valence-electron chi connectivity index (χ3n) is 2.29. The van der Waals surface area contributed by atoms with Gasteiger partial charge in [0.05, 0.1) is 28.9 Å². The normalized spacial score (nSPS) is 14.4. The largest absolute Gasteiger partial charge is 0.416 e. The quantitative estimate of drug-likeness (QED) is 0.894. The van der Waals surface area contributed by atoms with Crippen LogP contribution in [0.15, 0.2) is 29.2 Å². The molecule has 0 aliphatic carbocycles. The Bertz CT molecular complexity index is 525. The maximum Gasteiger partial charge on any atom is 0.416 e. The number of rotatable bonds is 5. The van der Waals surface area contributed by atoms with E-state index in [-0.39, 0.29) is 6.61 Å². The molecule has 0 saturated carbocycles. The van der Waals surface area contributed by atoms with Gasteiger partial charge in [-0.3, -0.25) is 0 Å². The first-order valence-electron chi connectivity index (χ1n) is 5.24. The molecule has 1 N–H and O–H groups in total. The first kappa shape index (κ1) is 15.9. The number of alkyl halides is 3. The highest BCUT2D eigenvalue weighted by Crippen LogP contribution is 2.30. The predicted octanol–water partition coefficient (Wildman–Crippen LogP) is 1.49. The Kier molecular flexibility index (Phi) is 4.94. The van der Waals surface area contributed by atoms with Crippen LogP contribution in [0, 0.1) is 0 Å². The van der Waals surface area contributed by atoms with Gasteiger partial charge in [0, 0.05) is 7.11 Å². The van der Waals surface area contributed by atoms with Crippen molar-refractivity contribution in [2.24, 2.45) is 0 Å². The summed E-state index contributed by atoms with van der Waals surface area (Å²) in [5.74, 6) is -0.692. The van der Waals surface area contributed by atoms with Crippen LogP contribution in [0.25, 0.3) is 0 Å². The van der Waals surface area contributed by atoms with Gasteiger partial charge in [-0.05, 0) is 18.2 Å². The monoisotopic (exact) mass is 298 g/mol. The van der Waals surface area contributed by atoms with Gasteiger partial charge in [0.1, 0.15) is 0 Å². The zero-order valence-electron chi connectivity index (χ0n) is 10.0. The lowest BCUT2D eigenvalue weighted by Gasteiger charge is -2.12. The molecular formula is C11H13F3O4S. The molecule has 0 heterocycles. The second kappa shape index (κ2) is 5.89. The van der Waals surface area contributed by atoms with Crippen LogP contribution in [0.4, 0.5) is 13.2 Å². The van der Waals surface area contributed by atoms with Crippen LogP contribution in [0.3, 0.4) is 0 Å². The summed E-state index contributed by atoms with van der Waals surface area (Å²) in [6, 6.07) is 3.40. The predicted molar refractivity (Wildman–Crippen MR) is 61.4 cm³/mol. The van der Waals surface area contributed by atoms with E-state index in [1.54, 1.807) is 0 Å². The van der Waals surface area contributed by atoms with Crippen molar-refractivity contribution >= 4 is 9.84 Å². The molecule has 8 heteroatoms. The first-order chi connectivity index (χ1) is 8.66. The molecule has 0 fully saturated rings. The molecule has 0 aromatic heterocycles. The number of aliphatic hydroxyl groups excluding tert-OH is 1. The van der Waals surface area contributed by atoms with Gasteiger partial charge >= 0.3 is 6.18 Å². The molecule has 1 rings (SSSR count). The molecule has 1 aromatic carbocycles. The highest BCUT2D eigenvalue weighted by Gasteiger charge is 2.32.